The van der Waals surface area contributed by atoms with Crippen LogP contribution in [0.2, 0.25) is 0 Å². The molecule has 0 saturated carbocycles. The molecule has 0 spiro atoms. The highest BCUT2D eigenvalue weighted by molar-refractivity contribution is 6.00. The number of ether oxygens (including phenoxy) is 12. The number of carbonyl (C=O) groups excluding carboxylic acids is 7. The number of cyclic esters (lactones) is 1. The summed E-state index contributed by atoms with van der Waals surface area (Å²) < 4.78 is 70.1. The zero-order valence-electron chi connectivity index (χ0n) is 71.8. The number of carboxylic acids is 1. The first kappa shape index (κ1) is 97.1. The number of para-hydroxylation sites is 1. The summed E-state index contributed by atoms with van der Waals surface area (Å²) in [5.41, 5.74) is 7.16. The summed E-state index contributed by atoms with van der Waals surface area (Å²) in [5.74, 6) is -6.56. The van der Waals surface area contributed by atoms with Crippen LogP contribution in [0.3, 0.4) is 0 Å². The molecule has 37 heteroatoms. The average Bonchev–Trinajstić information content (AvgIpc) is 1.62. The summed E-state index contributed by atoms with van der Waals surface area (Å²) in [6, 6.07) is 17.1. The van der Waals surface area contributed by atoms with Crippen LogP contribution in [0.15, 0.2) is 77.6 Å². The molecule has 0 unspecified atom stereocenters. The van der Waals surface area contributed by atoms with E-state index in [1.807, 2.05) is 62.4 Å². The van der Waals surface area contributed by atoms with Crippen LogP contribution in [0.1, 0.15) is 119 Å². The first-order valence-corrected chi connectivity index (χ1v) is 41.8. The molecule has 9 rings (SSSR count). The van der Waals surface area contributed by atoms with Crippen molar-refractivity contribution in [1.82, 2.24) is 50.7 Å². The molecule has 6 amide bonds. The smallest absolute Gasteiger partial charge is 0.410 e. The molecule has 3 aliphatic heterocycles. The molecule has 6 heterocycles. The van der Waals surface area contributed by atoms with Gasteiger partial charge in [-0.25, -0.2) is 24.4 Å². The van der Waals surface area contributed by atoms with Crippen LogP contribution >= 0.6 is 0 Å². The molecule has 0 radical (unpaired) electrons. The van der Waals surface area contributed by atoms with E-state index >= 15 is 0 Å². The predicted octanol–water partition coefficient (Wildman–Crippen LogP) is 3.37. The molecular weight excluding hydrogens is 1600 g/mol. The van der Waals surface area contributed by atoms with Crippen molar-refractivity contribution in [2.75, 3.05) is 139 Å². The van der Waals surface area contributed by atoms with E-state index in [1.165, 1.54) is 34.6 Å². The molecule has 123 heavy (non-hydrogen) atoms. The van der Waals surface area contributed by atoms with Crippen molar-refractivity contribution in [1.29, 1.82) is 0 Å². The van der Waals surface area contributed by atoms with Crippen molar-refractivity contribution in [2.24, 2.45) is 5.92 Å². The van der Waals surface area contributed by atoms with Crippen molar-refractivity contribution < 1.29 is 121 Å². The van der Waals surface area contributed by atoms with Crippen molar-refractivity contribution in [2.45, 2.75) is 187 Å². The highest BCUT2D eigenvalue weighted by Crippen LogP contribution is 2.41. The number of fused-ring (bicyclic) bond motifs is 6. The molecule has 3 aromatic heterocycles. The Kier molecular flexibility index (Phi) is 37.9. The number of methoxy groups -OCH3 is 1. The number of unbranched alkanes of at least 4 members (excludes halogenated alkanes) is 1. The van der Waals surface area contributed by atoms with Crippen LogP contribution in [0.5, 0.6) is 5.75 Å². The number of esters is 1. The summed E-state index contributed by atoms with van der Waals surface area (Å²) in [6.07, 6.45) is -10.0. The molecule has 0 bridgehead atoms. The number of hydrogen-bond acceptors (Lipinski definition) is 28. The third kappa shape index (κ3) is 26.9. The normalized spacial score (nSPS) is 18.1. The topological polar surface area (TPSA) is 467 Å². The molecule has 0 aliphatic carbocycles. The Balaban J connectivity index is 0.808. The van der Waals surface area contributed by atoms with Crippen LogP contribution in [-0.4, -0.2) is 285 Å². The number of hydrazine groups is 1. The number of aliphatic hydroxyl groups is 4. The third-order valence-corrected chi connectivity index (χ3v) is 21.4. The minimum Gasteiger partial charge on any atom is -0.479 e. The summed E-state index contributed by atoms with van der Waals surface area (Å²) in [5, 5.41) is 71.6. The third-order valence-electron chi connectivity index (χ3n) is 21.4. The molecular formula is C86H121N11O26. The van der Waals surface area contributed by atoms with Crippen LogP contribution in [0.25, 0.3) is 33.2 Å². The van der Waals surface area contributed by atoms with Gasteiger partial charge >= 0.3 is 18.0 Å². The molecule has 3 aromatic carbocycles. The summed E-state index contributed by atoms with van der Waals surface area (Å²) in [7, 11) is 5.38. The van der Waals surface area contributed by atoms with Gasteiger partial charge in [-0.3, -0.25) is 34.2 Å². The highest BCUT2D eigenvalue weighted by atomic mass is 16.7. The standard InChI is InChI=1S/C86H121N11O26/c1-11-86(111)63-47-68-73-61(49-97(68)81(106)62(63)51-120-84(86)109)59(60-16-12-13-17-64(60)91-73)23-27-95(53(4)5)85(110)121-50-56-20-21-65(69(45-56)122-83-76(102)74(100)75(101)77(123-83)82(107)108)92-78(103)55(7)89-80(105)72(52(2)3)93-79(104)66(18-14-15-26-88-70(98)24-28-96-58(48-94(9)87-8)46-57-44-54(6)19-22-67(57)96)90-71(99)25-29-113-32-33-115-36-37-117-40-41-119-43-42-118-39-38-116-35-34-114-31-30-112-10/h12-13,16-17,19-22,44-47,52-53,55,66,72,74-77,83,87,100-102,111H,11,14-15,18,23-43,48-51H2,1-10H3,(H,88,98)(H,89,105)(H,90,99)(H,92,103)(H,93,104)(H,107,108)/t55-,66-,72-,74-,75-,76+,77-,83+,86-/m0/s1. The number of aryl methyl sites for hydroxylation is 2. The van der Waals surface area contributed by atoms with Crippen LogP contribution in [-0.2, 0) is 131 Å². The number of aromatic nitrogens is 3. The number of amides is 6. The summed E-state index contributed by atoms with van der Waals surface area (Å²) in [4.78, 5) is 130. The highest BCUT2D eigenvalue weighted by Gasteiger charge is 2.49. The Morgan fingerprint density at radius 2 is 1.37 bits per heavy atom. The number of carbonyl (C=O) groups is 8. The van der Waals surface area contributed by atoms with Gasteiger partial charge in [-0.1, -0.05) is 56.7 Å². The molecule has 676 valence electrons. The van der Waals surface area contributed by atoms with E-state index in [2.05, 4.69) is 48.7 Å². The minimum atomic E-state index is -2.10. The number of pyridine rings is 2. The zero-order valence-corrected chi connectivity index (χ0v) is 71.8. The number of nitrogens with zero attached hydrogens (tertiary/aromatic N) is 5. The van der Waals surface area contributed by atoms with Gasteiger partial charge in [0.05, 0.1) is 140 Å². The molecule has 1 saturated heterocycles. The average molecular weight is 1720 g/mol. The van der Waals surface area contributed by atoms with Crippen molar-refractivity contribution in [3.63, 3.8) is 0 Å². The lowest BCUT2D eigenvalue weighted by molar-refractivity contribution is -0.271. The van der Waals surface area contributed by atoms with Gasteiger partial charge in [0.1, 0.15) is 55.4 Å². The number of aliphatic hydroxyl groups excluding tert-OH is 3. The quantitative estimate of drug-likeness (QED) is 0.0148. The lowest BCUT2D eigenvalue weighted by Gasteiger charge is -2.38. The van der Waals surface area contributed by atoms with Gasteiger partial charge in [-0.05, 0) is 126 Å². The largest absolute Gasteiger partial charge is 0.479 e. The summed E-state index contributed by atoms with van der Waals surface area (Å²) >= 11 is 0. The molecule has 37 nitrogen and oxygen atoms in total. The second kappa shape index (κ2) is 48.0. The SMILES string of the molecule is CC[C@@]1(O)C(=O)OCc2c1cc1n(c2=O)Cc2c-1nc1ccccc1c2CCN(C(=O)OCc1ccc(NC(=O)[C@H](C)NC(=O)[C@@H](NC(=O)[C@H](CCCCNC(=O)CCn2c(CN(C)NC)cc3cc(C)ccc32)NC(=O)CCOCCOCCOCCOCCOCCOCCOCCOC)C(C)C)c(O[C@@H]2O[C@H](C(=O)O)[C@@H](O)[C@H](O)[C@H]2O)c1)C(C)C. The van der Waals surface area contributed by atoms with Gasteiger partial charge in [-0.15, -0.1) is 0 Å². The van der Waals surface area contributed by atoms with Gasteiger partial charge in [0.2, 0.25) is 35.8 Å². The Morgan fingerprint density at radius 1 is 0.715 bits per heavy atom. The van der Waals surface area contributed by atoms with Crippen LogP contribution in [0, 0.1) is 12.8 Å². The Morgan fingerprint density at radius 3 is 1.99 bits per heavy atom. The van der Waals surface area contributed by atoms with E-state index in [4.69, 9.17) is 61.8 Å². The van der Waals surface area contributed by atoms with Gasteiger partial charge < -0.3 is 123 Å². The van der Waals surface area contributed by atoms with Crippen LogP contribution < -0.4 is 42.3 Å². The number of carboxylic acid groups (broad SMARTS) is 1. The van der Waals surface area contributed by atoms with Gasteiger partial charge in [0, 0.05) is 85.8 Å². The summed E-state index contributed by atoms with van der Waals surface area (Å²) in [6.45, 7) is 18.0. The number of hydrogen-bond donors (Lipinski definition) is 11. The molecule has 11 N–H and O–H groups in total. The number of anilines is 1. The van der Waals surface area contributed by atoms with Crippen molar-refractivity contribution in [3.05, 3.63) is 122 Å². The van der Waals surface area contributed by atoms with E-state index in [0.717, 1.165) is 33.1 Å². The molecule has 3 aliphatic rings. The molecule has 6 aromatic rings. The van der Waals surface area contributed by atoms with Gasteiger partial charge in [0.15, 0.2) is 11.7 Å². The maximum Gasteiger partial charge on any atom is 0.410 e. The Bertz CT molecular complexity index is 4600. The fraction of sp³-hybridized carbons (Fsp3) is 0.581. The fourth-order valence-corrected chi connectivity index (χ4v) is 14.4. The van der Waals surface area contributed by atoms with Crippen molar-refractivity contribution in [3.8, 4) is 17.1 Å². The molecule has 9 atom stereocenters. The lowest BCUT2D eigenvalue weighted by atomic mass is 9.86. The number of benzene rings is 3. The first-order chi connectivity index (χ1) is 59.1. The minimum absolute atomic E-state index is 0.0206. The van der Waals surface area contributed by atoms with Gasteiger partial charge in [-0.2, -0.15) is 0 Å². The second-order valence-electron chi connectivity index (χ2n) is 30.9. The number of nitrogens with one attached hydrogen (secondary N) is 6. The fourth-order valence-electron chi connectivity index (χ4n) is 14.4. The maximum absolute atomic E-state index is 14.5. The van der Waals surface area contributed by atoms with E-state index in [1.54, 1.807) is 47.8 Å². The second-order valence-corrected chi connectivity index (χ2v) is 30.9. The molecule has 1 fully saturated rings. The van der Waals surface area contributed by atoms with E-state index in [9.17, 15) is 68.7 Å². The first-order valence-electron chi connectivity index (χ1n) is 41.8. The maximum atomic E-state index is 14.5. The number of rotatable bonds is 53. The lowest BCUT2D eigenvalue weighted by Crippen LogP contribution is -2.61. The van der Waals surface area contributed by atoms with E-state index < -0.39 is 120 Å². The zero-order chi connectivity index (χ0) is 88.9. The Hall–Kier alpha value is -9.68. The monoisotopic (exact) mass is 1720 g/mol. The van der Waals surface area contributed by atoms with Crippen molar-refractivity contribution >= 4 is 75.1 Å². The number of aliphatic carboxylic acids is 1. The van der Waals surface area contributed by atoms with Gasteiger partial charge in [0.25, 0.3) is 5.56 Å². The predicted molar refractivity (Wildman–Crippen MR) is 447 cm³/mol. The van der Waals surface area contributed by atoms with E-state index in [-0.39, 0.29) is 119 Å². The Labute approximate surface area is 714 Å². The van der Waals surface area contributed by atoms with E-state index in [0.29, 0.717) is 121 Å². The van der Waals surface area contributed by atoms with Crippen LogP contribution in [0.4, 0.5) is 10.5 Å².